The van der Waals surface area contributed by atoms with Gasteiger partial charge >= 0.3 is 0 Å². The Morgan fingerprint density at radius 1 is 1.07 bits per heavy atom. The van der Waals surface area contributed by atoms with Gasteiger partial charge in [-0.25, -0.2) is 0 Å². The molecule has 1 saturated heterocycles. The van der Waals surface area contributed by atoms with E-state index in [1.807, 2.05) is 0 Å². The van der Waals surface area contributed by atoms with E-state index in [9.17, 15) is 4.79 Å². The molecule has 0 bridgehead atoms. The van der Waals surface area contributed by atoms with Crippen LogP contribution in [-0.2, 0) is 22.6 Å². The fourth-order valence-electron chi connectivity index (χ4n) is 3.67. The monoisotopic (exact) mass is 430 g/mol. The molecule has 1 heterocycles. The standard InChI is InChI=1S/C24H31ClN2O3/c1-17-14-27(15-18(2)29-17)16-20-7-5-19(6-8-20)13-26-23(28)24(3,4)30-22-11-9-21(25)10-12-22/h5-12,17-18H,13-16H2,1-4H3,(H,26,28). The smallest absolute Gasteiger partial charge is 0.263 e. The third-order valence-electron chi connectivity index (χ3n) is 5.11. The molecule has 0 spiro atoms. The Labute approximate surface area is 184 Å². The van der Waals surface area contributed by atoms with Gasteiger partial charge < -0.3 is 14.8 Å². The number of hydrogen-bond acceptors (Lipinski definition) is 4. The predicted octanol–water partition coefficient (Wildman–Crippen LogP) is 4.42. The molecule has 0 radical (unpaired) electrons. The van der Waals surface area contributed by atoms with Crippen molar-refractivity contribution in [2.45, 2.75) is 58.6 Å². The minimum atomic E-state index is -0.989. The van der Waals surface area contributed by atoms with Crippen LogP contribution in [0.25, 0.3) is 0 Å². The average Bonchev–Trinajstić information content (AvgIpc) is 2.68. The number of nitrogens with one attached hydrogen (secondary N) is 1. The van der Waals surface area contributed by atoms with Crippen molar-refractivity contribution in [2.75, 3.05) is 13.1 Å². The summed E-state index contributed by atoms with van der Waals surface area (Å²) in [6.07, 6.45) is 0.531. The Hall–Kier alpha value is -2.08. The molecule has 2 aromatic carbocycles. The van der Waals surface area contributed by atoms with Crippen LogP contribution in [0.2, 0.25) is 5.02 Å². The Morgan fingerprint density at radius 3 is 2.23 bits per heavy atom. The summed E-state index contributed by atoms with van der Waals surface area (Å²) in [5.41, 5.74) is 1.33. The maximum Gasteiger partial charge on any atom is 0.263 e. The number of halogens is 1. The number of amides is 1. The van der Waals surface area contributed by atoms with Gasteiger partial charge in [-0.2, -0.15) is 0 Å². The first-order chi connectivity index (χ1) is 14.2. The highest BCUT2D eigenvalue weighted by Crippen LogP contribution is 2.21. The van der Waals surface area contributed by atoms with Gasteiger partial charge in [0.1, 0.15) is 5.75 Å². The van der Waals surface area contributed by atoms with E-state index < -0.39 is 5.60 Å². The summed E-state index contributed by atoms with van der Waals surface area (Å²) in [5.74, 6) is 0.438. The van der Waals surface area contributed by atoms with Crippen LogP contribution in [0, 0.1) is 0 Å². The van der Waals surface area contributed by atoms with Crippen molar-refractivity contribution < 1.29 is 14.3 Å². The van der Waals surface area contributed by atoms with Gasteiger partial charge in [-0.1, -0.05) is 35.9 Å². The van der Waals surface area contributed by atoms with E-state index in [1.165, 1.54) is 5.56 Å². The number of rotatable bonds is 7. The summed E-state index contributed by atoms with van der Waals surface area (Å²) < 4.78 is 11.6. The highest BCUT2D eigenvalue weighted by molar-refractivity contribution is 6.30. The lowest BCUT2D eigenvalue weighted by atomic mass is 10.1. The van der Waals surface area contributed by atoms with E-state index in [0.717, 1.165) is 25.2 Å². The summed E-state index contributed by atoms with van der Waals surface area (Å²) in [4.78, 5) is 15.0. The second-order valence-corrected chi connectivity index (χ2v) is 8.95. The van der Waals surface area contributed by atoms with Crippen LogP contribution >= 0.6 is 11.6 Å². The SMILES string of the molecule is CC1CN(Cc2ccc(CNC(=O)C(C)(C)Oc3ccc(Cl)cc3)cc2)CC(C)O1. The summed E-state index contributed by atoms with van der Waals surface area (Å²) in [6, 6.07) is 15.4. The van der Waals surface area contributed by atoms with Crippen LogP contribution in [-0.4, -0.2) is 41.7 Å². The number of nitrogens with zero attached hydrogens (tertiary/aromatic N) is 1. The number of morpholine rings is 1. The number of carbonyl (C=O) groups is 1. The lowest BCUT2D eigenvalue weighted by Gasteiger charge is -2.35. The van der Waals surface area contributed by atoms with Crippen LogP contribution in [0.4, 0.5) is 0 Å². The molecular formula is C24H31ClN2O3. The molecule has 30 heavy (non-hydrogen) atoms. The molecular weight excluding hydrogens is 400 g/mol. The van der Waals surface area contributed by atoms with Crippen molar-refractivity contribution in [2.24, 2.45) is 0 Å². The van der Waals surface area contributed by atoms with Crippen LogP contribution in [0.1, 0.15) is 38.8 Å². The molecule has 2 unspecified atom stereocenters. The second-order valence-electron chi connectivity index (χ2n) is 8.52. The third-order valence-corrected chi connectivity index (χ3v) is 5.36. The molecule has 6 heteroatoms. The van der Waals surface area contributed by atoms with Gasteiger partial charge in [0.15, 0.2) is 5.60 Å². The van der Waals surface area contributed by atoms with E-state index in [2.05, 4.69) is 48.3 Å². The zero-order valence-electron chi connectivity index (χ0n) is 18.2. The van der Waals surface area contributed by atoms with E-state index in [1.54, 1.807) is 38.1 Å². The molecule has 1 aliphatic rings. The van der Waals surface area contributed by atoms with Crippen LogP contribution in [0.3, 0.4) is 0 Å². The molecule has 162 valence electrons. The zero-order valence-corrected chi connectivity index (χ0v) is 18.9. The molecule has 0 aliphatic carbocycles. The van der Waals surface area contributed by atoms with Crippen molar-refractivity contribution in [1.29, 1.82) is 0 Å². The van der Waals surface area contributed by atoms with Crippen LogP contribution in [0.15, 0.2) is 48.5 Å². The van der Waals surface area contributed by atoms with Gasteiger partial charge in [0.05, 0.1) is 12.2 Å². The summed E-state index contributed by atoms with van der Waals surface area (Å²) in [7, 11) is 0. The van der Waals surface area contributed by atoms with E-state index in [-0.39, 0.29) is 18.1 Å². The van der Waals surface area contributed by atoms with Gasteiger partial charge in [-0.3, -0.25) is 9.69 Å². The predicted molar refractivity (Wildman–Crippen MR) is 120 cm³/mol. The fourth-order valence-corrected chi connectivity index (χ4v) is 3.80. The summed E-state index contributed by atoms with van der Waals surface area (Å²) >= 11 is 5.90. The van der Waals surface area contributed by atoms with Crippen molar-refractivity contribution >= 4 is 17.5 Å². The summed E-state index contributed by atoms with van der Waals surface area (Å²) in [6.45, 7) is 11.0. The van der Waals surface area contributed by atoms with E-state index in [4.69, 9.17) is 21.1 Å². The molecule has 2 aromatic rings. The third kappa shape index (κ3) is 6.46. The lowest BCUT2D eigenvalue weighted by molar-refractivity contribution is -0.134. The van der Waals surface area contributed by atoms with Crippen molar-refractivity contribution in [1.82, 2.24) is 10.2 Å². The largest absolute Gasteiger partial charge is 0.478 e. The zero-order chi connectivity index (χ0) is 21.7. The Balaban J connectivity index is 1.50. The first-order valence-corrected chi connectivity index (χ1v) is 10.8. The van der Waals surface area contributed by atoms with Gasteiger partial charge in [0.2, 0.25) is 0 Å². The molecule has 1 amide bonds. The van der Waals surface area contributed by atoms with Gasteiger partial charge in [0, 0.05) is 31.2 Å². The minimum absolute atomic E-state index is 0.169. The second kappa shape index (κ2) is 9.82. The number of hydrogen-bond donors (Lipinski definition) is 1. The minimum Gasteiger partial charge on any atom is -0.478 e. The molecule has 2 atom stereocenters. The molecule has 1 fully saturated rings. The van der Waals surface area contributed by atoms with Crippen molar-refractivity contribution in [3.63, 3.8) is 0 Å². The Kier molecular flexibility index (Phi) is 7.40. The Bertz CT molecular complexity index is 827. The van der Waals surface area contributed by atoms with Crippen molar-refractivity contribution in [3.05, 3.63) is 64.7 Å². The molecule has 1 N–H and O–H groups in total. The molecule has 0 saturated carbocycles. The maximum atomic E-state index is 12.6. The first kappa shape index (κ1) is 22.6. The fraction of sp³-hybridized carbons (Fsp3) is 0.458. The molecule has 3 rings (SSSR count). The highest BCUT2D eigenvalue weighted by Gasteiger charge is 2.29. The first-order valence-electron chi connectivity index (χ1n) is 10.4. The van der Waals surface area contributed by atoms with Gasteiger partial charge in [-0.05, 0) is 63.1 Å². The number of benzene rings is 2. The van der Waals surface area contributed by atoms with Gasteiger partial charge in [0.25, 0.3) is 5.91 Å². The quantitative estimate of drug-likeness (QED) is 0.706. The molecule has 0 aromatic heterocycles. The topological polar surface area (TPSA) is 50.8 Å². The molecule has 5 nitrogen and oxygen atoms in total. The normalized spacial score (nSPS) is 20.0. The number of ether oxygens (including phenoxy) is 2. The number of carbonyl (C=O) groups excluding carboxylic acids is 1. The lowest BCUT2D eigenvalue weighted by Crippen LogP contribution is -2.46. The maximum absolute atomic E-state index is 12.6. The Morgan fingerprint density at radius 2 is 1.63 bits per heavy atom. The molecule has 1 aliphatic heterocycles. The van der Waals surface area contributed by atoms with Crippen LogP contribution < -0.4 is 10.1 Å². The van der Waals surface area contributed by atoms with Gasteiger partial charge in [-0.15, -0.1) is 0 Å². The highest BCUT2D eigenvalue weighted by atomic mass is 35.5. The average molecular weight is 431 g/mol. The van der Waals surface area contributed by atoms with Crippen LogP contribution in [0.5, 0.6) is 5.75 Å². The van der Waals surface area contributed by atoms with E-state index >= 15 is 0 Å². The van der Waals surface area contributed by atoms with Crippen molar-refractivity contribution in [3.8, 4) is 5.75 Å². The van der Waals surface area contributed by atoms with E-state index in [0.29, 0.717) is 17.3 Å². The summed E-state index contributed by atoms with van der Waals surface area (Å²) in [5, 5.41) is 3.60.